The molecule has 0 bridgehead atoms. The number of carbonyl (C=O) groups is 2. The summed E-state index contributed by atoms with van der Waals surface area (Å²) in [6.07, 6.45) is 0.126. The number of nitrogens with one attached hydrogen (secondary N) is 2. The summed E-state index contributed by atoms with van der Waals surface area (Å²) in [7, 11) is 1.57. The van der Waals surface area contributed by atoms with Crippen molar-refractivity contribution in [2.45, 2.75) is 6.42 Å². The van der Waals surface area contributed by atoms with Crippen LogP contribution in [-0.2, 0) is 9.59 Å². The van der Waals surface area contributed by atoms with Crippen LogP contribution in [0.1, 0.15) is 6.42 Å². The summed E-state index contributed by atoms with van der Waals surface area (Å²) in [5.41, 5.74) is 0.369. The van der Waals surface area contributed by atoms with Crippen molar-refractivity contribution < 1.29 is 14.3 Å². The molecule has 124 valence electrons. The lowest BCUT2D eigenvalue weighted by Gasteiger charge is -2.17. The number of rotatable bonds is 4. The lowest BCUT2D eigenvalue weighted by Crippen LogP contribution is -2.28. The van der Waals surface area contributed by atoms with Crippen molar-refractivity contribution in [3.8, 4) is 5.75 Å². The van der Waals surface area contributed by atoms with Gasteiger partial charge in [-0.15, -0.1) is 0 Å². The summed E-state index contributed by atoms with van der Waals surface area (Å²) in [5.74, 6) is 0.0424. The number of benzene rings is 1. The van der Waals surface area contributed by atoms with E-state index in [9.17, 15) is 14.4 Å². The van der Waals surface area contributed by atoms with Crippen molar-refractivity contribution in [1.29, 1.82) is 0 Å². The van der Waals surface area contributed by atoms with E-state index in [1.807, 2.05) is 0 Å². The van der Waals surface area contributed by atoms with E-state index in [2.05, 4.69) is 15.5 Å². The lowest BCUT2D eigenvalue weighted by atomic mass is 10.1. The number of hydrogen-bond donors (Lipinski definition) is 2. The molecule has 2 aromatic rings. The van der Waals surface area contributed by atoms with Gasteiger partial charge in [0.15, 0.2) is 5.82 Å². The van der Waals surface area contributed by atoms with Crippen LogP contribution < -0.4 is 20.5 Å². The van der Waals surface area contributed by atoms with Gasteiger partial charge in [-0.05, 0) is 30.3 Å². The topological polar surface area (TPSA) is 104 Å². The average Bonchev–Trinajstić information content (AvgIpc) is 2.99. The van der Waals surface area contributed by atoms with Crippen molar-refractivity contribution in [3.63, 3.8) is 0 Å². The molecular formula is C16H16N4O4. The zero-order valence-electron chi connectivity index (χ0n) is 13.0. The summed E-state index contributed by atoms with van der Waals surface area (Å²) >= 11 is 0. The SMILES string of the molecule is COc1ccc(N2C[C@@H](C(=O)Nc3ccc(=O)[nH]n3)CC2=O)cc1. The first kappa shape index (κ1) is 15.7. The summed E-state index contributed by atoms with van der Waals surface area (Å²) in [6, 6.07) is 9.77. The molecule has 2 heterocycles. The Morgan fingerprint density at radius 1 is 1.25 bits per heavy atom. The molecule has 1 saturated heterocycles. The number of aromatic nitrogens is 2. The van der Waals surface area contributed by atoms with Crippen LogP contribution in [0.15, 0.2) is 41.2 Å². The number of methoxy groups -OCH3 is 1. The minimum Gasteiger partial charge on any atom is -0.497 e. The zero-order valence-corrected chi connectivity index (χ0v) is 13.0. The third-order valence-corrected chi connectivity index (χ3v) is 3.81. The summed E-state index contributed by atoms with van der Waals surface area (Å²) < 4.78 is 5.09. The Kier molecular flexibility index (Phi) is 4.28. The Morgan fingerprint density at radius 3 is 2.62 bits per heavy atom. The van der Waals surface area contributed by atoms with E-state index >= 15 is 0 Å². The van der Waals surface area contributed by atoms with Crippen LogP contribution >= 0.6 is 0 Å². The second-order valence-electron chi connectivity index (χ2n) is 5.40. The van der Waals surface area contributed by atoms with Gasteiger partial charge < -0.3 is 15.0 Å². The Bertz CT molecular complexity index is 795. The first-order valence-corrected chi connectivity index (χ1v) is 7.38. The molecule has 2 amide bonds. The molecule has 0 saturated carbocycles. The molecule has 24 heavy (non-hydrogen) atoms. The molecule has 0 radical (unpaired) electrons. The summed E-state index contributed by atoms with van der Waals surface area (Å²) in [4.78, 5) is 37.0. The smallest absolute Gasteiger partial charge is 0.264 e. The van der Waals surface area contributed by atoms with Crippen LogP contribution in [0.5, 0.6) is 5.75 Å². The number of amides is 2. The van der Waals surface area contributed by atoms with Crippen LogP contribution in [-0.4, -0.2) is 35.7 Å². The van der Waals surface area contributed by atoms with E-state index in [1.54, 1.807) is 36.3 Å². The standard InChI is InChI=1S/C16H16N4O4/c1-24-12-4-2-11(3-5-12)20-9-10(8-15(20)22)16(23)17-13-6-7-14(21)19-18-13/h2-7,10H,8-9H2,1H3,(H,19,21)(H,17,18,23)/t10-/m0/s1. The van der Waals surface area contributed by atoms with E-state index in [4.69, 9.17) is 4.74 Å². The summed E-state index contributed by atoms with van der Waals surface area (Å²) in [6.45, 7) is 0.292. The van der Waals surface area contributed by atoms with Gasteiger partial charge in [-0.25, -0.2) is 5.10 Å². The maximum atomic E-state index is 12.3. The fourth-order valence-corrected chi connectivity index (χ4v) is 2.54. The van der Waals surface area contributed by atoms with E-state index in [1.165, 1.54) is 12.1 Å². The van der Waals surface area contributed by atoms with Gasteiger partial charge in [-0.1, -0.05) is 0 Å². The van der Waals surface area contributed by atoms with Crippen molar-refractivity contribution in [1.82, 2.24) is 10.2 Å². The first-order valence-electron chi connectivity index (χ1n) is 7.38. The van der Waals surface area contributed by atoms with Gasteiger partial charge in [0.2, 0.25) is 11.8 Å². The van der Waals surface area contributed by atoms with E-state index < -0.39 is 5.92 Å². The minimum atomic E-state index is -0.478. The second-order valence-corrected chi connectivity index (χ2v) is 5.40. The molecule has 1 aliphatic rings. The quantitative estimate of drug-likeness (QED) is 0.862. The molecule has 1 fully saturated rings. The van der Waals surface area contributed by atoms with Gasteiger partial charge in [-0.2, -0.15) is 5.10 Å². The summed E-state index contributed by atoms with van der Waals surface area (Å²) in [5, 5.41) is 8.57. The first-order chi connectivity index (χ1) is 11.6. The molecule has 2 N–H and O–H groups in total. The largest absolute Gasteiger partial charge is 0.497 e. The van der Waals surface area contributed by atoms with Gasteiger partial charge in [0, 0.05) is 24.7 Å². The minimum absolute atomic E-state index is 0.116. The number of H-pyrrole nitrogens is 1. The molecule has 0 spiro atoms. The van der Waals surface area contributed by atoms with E-state index in [0.29, 0.717) is 12.3 Å². The van der Waals surface area contributed by atoms with Gasteiger partial charge >= 0.3 is 0 Å². The van der Waals surface area contributed by atoms with Crippen molar-refractivity contribution in [2.24, 2.45) is 5.92 Å². The highest BCUT2D eigenvalue weighted by Crippen LogP contribution is 2.27. The molecule has 0 aliphatic carbocycles. The highest BCUT2D eigenvalue weighted by molar-refractivity contribution is 6.03. The van der Waals surface area contributed by atoms with Gasteiger partial charge in [-0.3, -0.25) is 14.4 Å². The maximum absolute atomic E-state index is 12.3. The number of ether oxygens (including phenoxy) is 1. The Morgan fingerprint density at radius 2 is 2.00 bits per heavy atom. The van der Waals surface area contributed by atoms with E-state index in [-0.39, 0.29) is 29.6 Å². The Labute approximate surface area is 137 Å². The number of anilines is 2. The zero-order chi connectivity index (χ0) is 17.1. The molecule has 1 aromatic carbocycles. The Balaban J connectivity index is 1.68. The molecule has 8 heteroatoms. The molecule has 1 atom stereocenters. The van der Waals surface area contributed by atoms with Crippen LogP contribution in [0.3, 0.4) is 0 Å². The monoisotopic (exact) mass is 328 g/mol. The molecule has 8 nitrogen and oxygen atoms in total. The Hall–Kier alpha value is -3.16. The highest BCUT2D eigenvalue weighted by Gasteiger charge is 2.35. The van der Waals surface area contributed by atoms with Crippen LogP contribution in [0, 0.1) is 5.92 Å². The van der Waals surface area contributed by atoms with Gasteiger partial charge in [0.05, 0.1) is 13.0 Å². The normalized spacial score (nSPS) is 17.0. The molecule has 1 aliphatic heterocycles. The third-order valence-electron chi connectivity index (χ3n) is 3.81. The van der Waals surface area contributed by atoms with Gasteiger partial charge in [0.1, 0.15) is 5.75 Å². The maximum Gasteiger partial charge on any atom is 0.264 e. The van der Waals surface area contributed by atoms with Crippen molar-refractivity contribution in [3.05, 3.63) is 46.8 Å². The van der Waals surface area contributed by atoms with Crippen LogP contribution in [0.4, 0.5) is 11.5 Å². The van der Waals surface area contributed by atoms with Gasteiger partial charge in [0.25, 0.3) is 5.56 Å². The fraction of sp³-hybridized carbons (Fsp3) is 0.250. The fourth-order valence-electron chi connectivity index (χ4n) is 2.54. The average molecular weight is 328 g/mol. The van der Waals surface area contributed by atoms with Crippen LogP contribution in [0.2, 0.25) is 0 Å². The molecule has 3 rings (SSSR count). The van der Waals surface area contributed by atoms with Crippen molar-refractivity contribution in [2.75, 3.05) is 23.9 Å². The third kappa shape index (κ3) is 3.27. The number of aromatic amines is 1. The lowest BCUT2D eigenvalue weighted by molar-refractivity contribution is -0.122. The molecule has 1 aromatic heterocycles. The number of nitrogens with zero attached hydrogens (tertiary/aromatic N) is 2. The molecule has 0 unspecified atom stereocenters. The predicted molar refractivity (Wildman–Crippen MR) is 86.9 cm³/mol. The second kappa shape index (κ2) is 6.53. The van der Waals surface area contributed by atoms with E-state index in [0.717, 1.165) is 5.69 Å². The number of carbonyl (C=O) groups excluding carboxylic acids is 2. The number of hydrogen-bond acceptors (Lipinski definition) is 5. The highest BCUT2D eigenvalue weighted by atomic mass is 16.5. The van der Waals surface area contributed by atoms with Crippen molar-refractivity contribution >= 4 is 23.3 Å². The van der Waals surface area contributed by atoms with Crippen LogP contribution in [0.25, 0.3) is 0 Å². The predicted octanol–water partition coefficient (Wildman–Crippen LogP) is 0.770. The molecular weight excluding hydrogens is 312 g/mol.